The Labute approximate surface area is 91.0 Å². The lowest BCUT2D eigenvalue weighted by Gasteiger charge is -2.31. The molecule has 2 fully saturated rings. The minimum absolute atomic E-state index is 0.0815. The molecule has 0 aromatic carbocycles. The molecular formula is C11H20N2O2. The van der Waals surface area contributed by atoms with Crippen LogP contribution in [0.3, 0.4) is 0 Å². The lowest BCUT2D eigenvalue weighted by Crippen LogP contribution is -2.40. The van der Waals surface area contributed by atoms with Gasteiger partial charge in [0.05, 0.1) is 7.11 Å². The number of nitrogens with zero attached hydrogens (tertiary/aromatic N) is 1. The SMILES string of the molecule is COC(=O)[C@@H]1CC(N2CCCCC2)CN1. The summed E-state index contributed by atoms with van der Waals surface area (Å²) in [6.45, 7) is 3.32. The van der Waals surface area contributed by atoms with Crippen LogP contribution in [0.5, 0.6) is 0 Å². The van der Waals surface area contributed by atoms with Gasteiger partial charge in [-0.15, -0.1) is 0 Å². The summed E-state index contributed by atoms with van der Waals surface area (Å²) in [5.41, 5.74) is 0. The zero-order chi connectivity index (χ0) is 10.7. The Hall–Kier alpha value is -0.610. The highest BCUT2D eigenvalue weighted by Crippen LogP contribution is 2.19. The van der Waals surface area contributed by atoms with Gasteiger partial charge in [0.2, 0.25) is 0 Å². The molecule has 2 atom stereocenters. The fourth-order valence-electron chi connectivity index (χ4n) is 2.60. The number of rotatable bonds is 2. The predicted octanol–water partition coefficient (Wildman–Crippen LogP) is 0.376. The minimum Gasteiger partial charge on any atom is -0.468 e. The minimum atomic E-state index is -0.116. The number of esters is 1. The van der Waals surface area contributed by atoms with Crippen LogP contribution in [-0.4, -0.2) is 49.7 Å². The van der Waals surface area contributed by atoms with Gasteiger partial charge >= 0.3 is 5.97 Å². The number of hydrogen-bond donors (Lipinski definition) is 1. The first-order chi connectivity index (χ1) is 7.31. The number of carbonyl (C=O) groups is 1. The summed E-state index contributed by atoms with van der Waals surface area (Å²) >= 11 is 0. The standard InChI is InChI=1S/C11H20N2O2/c1-15-11(14)10-7-9(8-12-10)13-5-3-2-4-6-13/h9-10,12H,2-8H2,1H3/t9?,10-/m0/s1. The van der Waals surface area contributed by atoms with Crippen molar-refractivity contribution in [3.63, 3.8) is 0 Å². The summed E-state index contributed by atoms with van der Waals surface area (Å²) in [5.74, 6) is -0.116. The van der Waals surface area contributed by atoms with Crippen molar-refractivity contribution in [2.45, 2.75) is 37.8 Å². The van der Waals surface area contributed by atoms with Crippen LogP contribution in [0.2, 0.25) is 0 Å². The van der Waals surface area contributed by atoms with Crippen LogP contribution in [0.25, 0.3) is 0 Å². The van der Waals surface area contributed by atoms with E-state index in [1.54, 1.807) is 0 Å². The third kappa shape index (κ3) is 2.49. The summed E-state index contributed by atoms with van der Waals surface area (Å²) in [5, 5.41) is 3.24. The van der Waals surface area contributed by atoms with Crippen LogP contribution in [-0.2, 0) is 9.53 Å². The average molecular weight is 212 g/mol. The first-order valence-electron chi connectivity index (χ1n) is 5.86. The fraction of sp³-hybridized carbons (Fsp3) is 0.909. The quantitative estimate of drug-likeness (QED) is 0.672. The second kappa shape index (κ2) is 4.94. The Morgan fingerprint density at radius 1 is 1.33 bits per heavy atom. The van der Waals surface area contributed by atoms with Crippen LogP contribution in [0, 0.1) is 0 Å². The zero-order valence-corrected chi connectivity index (χ0v) is 9.37. The second-order valence-electron chi connectivity index (χ2n) is 4.47. The molecule has 4 heteroatoms. The van der Waals surface area contributed by atoms with E-state index < -0.39 is 0 Å². The second-order valence-corrected chi connectivity index (χ2v) is 4.47. The van der Waals surface area contributed by atoms with Crippen molar-refractivity contribution in [1.29, 1.82) is 0 Å². The number of carbonyl (C=O) groups excluding carboxylic acids is 1. The predicted molar refractivity (Wildman–Crippen MR) is 57.6 cm³/mol. The lowest BCUT2D eigenvalue weighted by atomic mass is 10.1. The highest BCUT2D eigenvalue weighted by Gasteiger charge is 2.33. The summed E-state index contributed by atoms with van der Waals surface area (Å²) in [6.07, 6.45) is 4.88. The molecule has 1 unspecified atom stereocenters. The maximum atomic E-state index is 11.3. The maximum absolute atomic E-state index is 11.3. The van der Waals surface area contributed by atoms with E-state index in [2.05, 4.69) is 10.2 Å². The molecule has 0 aliphatic carbocycles. The van der Waals surface area contributed by atoms with Gasteiger partial charge in [0.15, 0.2) is 0 Å². The number of likely N-dealkylation sites (tertiary alicyclic amines) is 1. The Morgan fingerprint density at radius 2 is 2.07 bits per heavy atom. The van der Waals surface area contributed by atoms with Crippen LogP contribution in [0.15, 0.2) is 0 Å². The van der Waals surface area contributed by atoms with Gasteiger partial charge < -0.3 is 10.1 Å². The van der Waals surface area contributed by atoms with Crippen molar-refractivity contribution in [2.75, 3.05) is 26.7 Å². The van der Waals surface area contributed by atoms with Crippen LogP contribution in [0.4, 0.5) is 0 Å². The van der Waals surface area contributed by atoms with E-state index in [9.17, 15) is 4.79 Å². The summed E-state index contributed by atoms with van der Waals surface area (Å²) < 4.78 is 4.75. The van der Waals surface area contributed by atoms with Gasteiger partial charge in [-0.1, -0.05) is 6.42 Å². The highest BCUT2D eigenvalue weighted by molar-refractivity contribution is 5.76. The molecular weight excluding hydrogens is 192 g/mol. The van der Waals surface area contributed by atoms with Gasteiger partial charge in [0, 0.05) is 12.6 Å². The monoisotopic (exact) mass is 212 g/mol. The molecule has 0 aromatic heterocycles. The van der Waals surface area contributed by atoms with E-state index in [4.69, 9.17) is 4.74 Å². The summed E-state index contributed by atoms with van der Waals surface area (Å²) in [6, 6.07) is 0.455. The highest BCUT2D eigenvalue weighted by atomic mass is 16.5. The molecule has 4 nitrogen and oxygen atoms in total. The van der Waals surface area contributed by atoms with Gasteiger partial charge in [0.25, 0.3) is 0 Å². The molecule has 2 aliphatic rings. The number of piperidine rings is 1. The van der Waals surface area contributed by atoms with Crippen molar-refractivity contribution in [2.24, 2.45) is 0 Å². The van der Waals surface area contributed by atoms with Crippen LogP contribution < -0.4 is 5.32 Å². The van der Waals surface area contributed by atoms with E-state index >= 15 is 0 Å². The number of hydrogen-bond acceptors (Lipinski definition) is 4. The van der Waals surface area contributed by atoms with Crippen molar-refractivity contribution in [3.05, 3.63) is 0 Å². The van der Waals surface area contributed by atoms with Gasteiger partial charge in [-0.05, 0) is 32.4 Å². The van der Waals surface area contributed by atoms with Gasteiger partial charge in [-0.25, -0.2) is 0 Å². The third-order valence-electron chi connectivity index (χ3n) is 3.50. The molecule has 0 amide bonds. The smallest absolute Gasteiger partial charge is 0.322 e. The van der Waals surface area contributed by atoms with E-state index in [0.717, 1.165) is 13.0 Å². The largest absolute Gasteiger partial charge is 0.468 e. The van der Waals surface area contributed by atoms with Crippen molar-refractivity contribution >= 4 is 5.97 Å². The van der Waals surface area contributed by atoms with Crippen molar-refractivity contribution < 1.29 is 9.53 Å². The van der Waals surface area contributed by atoms with E-state index in [1.807, 2.05) is 0 Å². The Bertz CT molecular complexity index is 227. The van der Waals surface area contributed by atoms with Crippen LogP contribution in [0.1, 0.15) is 25.7 Å². The van der Waals surface area contributed by atoms with Gasteiger partial charge in [-0.3, -0.25) is 9.69 Å². The van der Waals surface area contributed by atoms with E-state index in [1.165, 1.54) is 39.5 Å². The molecule has 2 aliphatic heterocycles. The molecule has 0 bridgehead atoms. The molecule has 0 saturated carbocycles. The molecule has 2 rings (SSSR count). The topological polar surface area (TPSA) is 41.6 Å². The van der Waals surface area contributed by atoms with Crippen molar-refractivity contribution in [3.8, 4) is 0 Å². The first kappa shape index (κ1) is 10.9. The lowest BCUT2D eigenvalue weighted by molar-refractivity contribution is -0.142. The van der Waals surface area contributed by atoms with Gasteiger partial charge in [0.1, 0.15) is 6.04 Å². The molecule has 86 valence electrons. The van der Waals surface area contributed by atoms with E-state index in [0.29, 0.717) is 6.04 Å². The Balaban J connectivity index is 1.83. The first-order valence-corrected chi connectivity index (χ1v) is 5.86. The number of nitrogens with one attached hydrogen (secondary N) is 1. The number of ether oxygens (including phenoxy) is 1. The molecule has 15 heavy (non-hydrogen) atoms. The molecule has 1 N–H and O–H groups in total. The zero-order valence-electron chi connectivity index (χ0n) is 9.37. The molecule has 0 aromatic rings. The number of methoxy groups -OCH3 is 1. The third-order valence-corrected chi connectivity index (χ3v) is 3.50. The Morgan fingerprint density at radius 3 is 2.73 bits per heavy atom. The maximum Gasteiger partial charge on any atom is 0.322 e. The van der Waals surface area contributed by atoms with Crippen LogP contribution >= 0.6 is 0 Å². The van der Waals surface area contributed by atoms with E-state index in [-0.39, 0.29) is 12.0 Å². The van der Waals surface area contributed by atoms with Gasteiger partial charge in [-0.2, -0.15) is 0 Å². The molecule has 0 spiro atoms. The summed E-state index contributed by atoms with van der Waals surface area (Å²) in [4.78, 5) is 13.9. The summed E-state index contributed by atoms with van der Waals surface area (Å²) in [7, 11) is 1.46. The fourth-order valence-corrected chi connectivity index (χ4v) is 2.60. The molecule has 2 heterocycles. The Kier molecular flexibility index (Phi) is 3.59. The molecule has 2 saturated heterocycles. The average Bonchev–Trinajstić information content (AvgIpc) is 2.78. The normalized spacial score (nSPS) is 32.9. The molecule has 0 radical (unpaired) electrons. The van der Waals surface area contributed by atoms with Crippen molar-refractivity contribution in [1.82, 2.24) is 10.2 Å².